The monoisotopic (exact) mass is 484 g/mol. The number of amides is 1. The van der Waals surface area contributed by atoms with Gasteiger partial charge < -0.3 is 19.5 Å². The van der Waals surface area contributed by atoms with Crippen LogP contribution in [-0.4, -0.2) is 41.7 Å². The van der Waals surface area contributed by atoms with Crippen molar-refractivity contribution in [1.29, 1.82) is 0 Å². The van der Waals surface area contributed by atoms with Crippen LogP contribution in [0, 0.1) is 0 Å². The second-order valence-corrected chi connectivity index (χ2v) is 9.09. The number of carbonyl (C=O) groups is 1. The topological polar surface area (TPSA) is 94.2 Å². The van der Waals surface area contributed by atoms with E-state index < -0.39 is 10.0 Å². The van der Waals surface area contributed by atoms with E-state index in [4.69, 9.17) is 14.2 Å². The van der Waals surface area contributed by atoms with E-state index >= 15 is 0 Å². The van der Waals surface area contributed by atoms with Crippen molar-refractivity contribution < 1.29 is 27.4 Å². The lowest BCUT2D eigenvalue weighted by molar-refractivity contribution is -0.123. The van der Waals surface area contributed by atoms with Gasteiger partial charge in [-0.1, -0.05) is 24.3 Å². The smallest absolute Gasteiger partial charge is 0.264 e. The molecule has 0 heterocycles. The Balaban J connectivity index is 1.57. The maximum absolute atomic E-state index is 13.0. The molecule has 0 spiro atoms. The number of carbonyl (C=O) groups excluding carboxylic acids is 1. The van der Waals surface area contributed by atoms with Crippen LogP contribution in [0.5, 0.6) is 17.2 Å². The van der Waals surface area contributed by atoms with Crippen molar-refractivity contribution in [2.45, 2.75) is 18.4 Å². The molecule has 0 aliphatic rings. The number of hydrogen-bond acceptors (Lipinski definition) is 6. The zero-order valence-electron chi connectivity index (χ0n) is 19.4. The SMILES string of the molecule is CCN(c1ccc(OCC(=O)NCc2ccc(OC)c(OC)c2)cc1)S(=O)(=O)c1ccccc1. The summed E-state index contributed by atoms with van der Waals surface area (Å²) in [6.45, 7) is 2.18. The Bertz CT molecular complexity index is 1200. The van der Waals surface area contributed by atoms with Gasteiger partial charge in [0.25, 0.3) is 15.9 Å². The van der Waals surface area contributed by atoms with Gasteiger partial charge in [0.1, 0.15) is 5.75 Å². The van der Waals surface area contributed by atoms with Crippen LogP contribution >= 0.6 is 0 Å². The molecule has 3 aromatic rings. The predicted molar refractivity (Wildman–Crippen MR) is 130 cm³/mol. The van der Waals surface area contributed by atoms with Gasteiger partial charge >= 0.3 is 0 Å². The average molecular weight is 485 g/mol. The van der Waals surface area contributed by atoms with E-state index in [2.05, 4.69) is 5.32 Å². The Morgan fingerprint density at radius 2 is 1.59 bits per heavy atom. The van der Waals surface area contributed by atoms with Gasteiger partial charge in [0.05, 0.1) is 24.8 Å². The number of nitrogens with zero attached hydrogens (tertiary/aromatic N) is 1. The third-order valence-corrected chi connectivity index (χ3v) is 6.97. The van der Waals surface area contributed by atoms with Gasteiger partial charge in [-0.25, -0.2) is 8.42 Å². The van der Waals surface area contributed by atoms with Crippen molar-refractivity contribution in [3.63, 3.8) is 0 Å². The Morgan fingerprint density at radius 1 is 0.912 bits per heavy atom. The first-order valence-electron chi connectivity index (χ1n) is 10.7. The van der Waals surface area contributed by atoms with Crippen LogP contribution in [0.25, 0.3) is 0 Å². The van der Waals surface area contributed by atoms with Crippen LogP contribution < -0.4 is 23.8 Å². The molecule has 0 aliphatic carbocycles. The maximum atomic E-state index is 13.0. The van der Waals surface area contributed by atoms with Crippen LogP contribution in [0.4, 0.5) is 5.69 Å². The number of anilines is 1. The van der Waals surface area contributed by atoms with Gasteiger partial charge in [0, 0.05) is 13.1 Å². The predicted octanol–water partition coefficient (Wildman–Crippen LogP) is 3.61. The van der Waals surface area contributed by atoms with Crippen LogP contribution in [0.3, 0.4) is 0 Å². The van der Waals surface area contributed by atoms with Gasteiger partial charge in [0.2, 0.25) is 0 Å². The molecule has 34 heavy (non-hydrogen) atoms. The molecular weight excluding hydrogens is 456 g/mol. The van der Waals surface area contributed by atoms with Crippen LogP contribution in [0.1, 0.15) is 12.5 Å². The van der Waals surface area contributed by atoms with Crippen molar-refractivity contribution in [2.24, 2.45) is 0 Å². The highest BCUT2D eigenvalue weighted by atomic mass is 32.2. The van der Waals surface area contributed by atoms with E-state index in [1.165, 1.54) is 4.31 Å². The fourth-order valence-electron chi connectivity index (χ4n) is 3.31. The van der Waals surface area contributed by atoms with Gasteiger partial charge in [-0.05, 0) is 61.0 Å². The van der Waals surface area contributed by atoms with E-state index in [9.17, 15) is 13.2 Å². The van der Waals surface area contributed by atoms with Crippen LogP contribution in [0.2, 0.25) is 0 Å². The molecule has 1 amide bonds. The molecule has 3 aromatic carbocycles. The van der Waals surface area contributed by atoms with Gasteiger partial charge in [-0.15, -0.1) is 0 Å². The highest BCUT2D eigenvalue weighted by Gasteiger charge is 2.23. The molecule has 0 aliphatic heterocycles. The largest absolute Gasteiger partial charge is 0.493 e. The molecule has 180 valence electrons. The molecule has 9 heteroatoms. The average Bonchev–Trinajstić information content (AvgIpc) is 2.87. The summed E-state index contributed by atoms with van der Waals surface area (Å²) in [6.07, 6.45) is 0. The quantitative estimate of drug-likeness (QED) is 0.447. The first-order chi connectivity index (χ1) is 16.4. The summed E-state index contributed by atoms with van der Waals surface area (Å²) < 4.78 is 43.3. The fraction of sp³-hybridized carbons (Fsp3) is 0.240. The molecule has 0 fully saturated rings. The Hall–Kier alpha value is -3.72. The number of sulfonamides is 1. The Kier molecular flexibility index (Phi) is 8.37. The standard InChI is InChI=1S/C25H28N2O6S/c1-4-27(34(29,30)22-8-6-5-7-9-22)20-11-13-21(14-12-20)33-18-25(28)26-17-19-10-15-23(31-2)24(16-19)32-3/h5-16H,4,17-18H2,1-3H3,(H,26,28). The lowest BCUT2D eigenvalue weighted by Crippen LogP contribution is -2.30. The molecule has 0 radical (unpaired) electrons. The minimum Gasteiger partial charge on any atom is -0.493 e. The van der Waals surface area contributed by atoms with E-state index in [-0.39, 0.29) is 24.0 Å². The molecule has 0 aromatic heterocycles. The van der Waals surface area contributed by atoms with Crippen molar-refractivity contribution in [3.05, 3.63) is 78.4 Å². The summed E-state index contributed by atoms with van der Waals surface area (Å²) in [4.78, 5) is 12.4. The molecular formula is C25H28N2O6S. The van der Waals surface area contributed by atoms with Crippen molar-refractivity contribution in [2.75, 3.05) is 31.7 Å². The first kappa shape index (κ1) is 24.9. The van der Waals surface area contributed by atoms with Crippen molar-refractivity contribution in [1.82, 2.24) is 5.32 Å². The second kappa shape index (κ2) is 11.4. The summed E-state index contributed by atoms with van der Waals surface area (Å²) in [7, 11) is -0.562. The van der Waals surface area contributed by atoms with E-state index in [1.807, 2.05) is 6.07 Å². The van der Waals surface area contributed by atoms with Crippen LogP contribution in [-0.2, 0) is 21.4 Å². The Morgan fingerprint density at radius 3 is 2.21 bits per heavy atom. The summed E-state index contributed by atoms with van der Waals surface area (Å²) in [6, 6.07) is 20.3. The summed E-state index contributed by atoms with van der Waals surface area (Å²) >= 11 is 0. The lowest BCUT2D eigenvalue weighted by atomic mass is 10.2. The molecule has 8 nitrogen and oxygen atoms in total. The minimum atomic E-state index is -3.67. The summed E-state index contributed by atoms with van der Waals surface area (Å²) in [5.41, 5.74) is 1.37. The van der Waals surface area contributed by atoms with Gasteiger partial charge in [0.15, 0.2) is 18.1 Å². The number of ether oxygens (including phenoxy) is 3. The minimum absolute atomic E-state index is 0.174. The summed E-state index contributed by atoms with van der Waals surface area (Å²) in [5.74, 6) is 1.36. The van der Waals surface area contributed by atoms with E-state index in [0.717, 1.165) is 5.56 Å². The Labute approximate surface area is 200 Å². The normalized spacial score (nSPS) is 10.9. The zero-order chi connectivity index (χ0) is 24.6. The number of nitrogens with one attached hydrogen (secondary N) is 1. The van der Waals surface area contributed by atoms with Gasteiger partial charge in [-0.2, -0.15) is 0 Å². The molecule has 0 bridgehead atoms. The third-order valence-electron chi connectivity index (χ3n) is 5.05. The second-order valence-electron chi connectivity index (χ2n) is 7.23. The number of benzene rings is 3. The van der Waals surface area contributed by atoms with Crippen molar-refractivity contribution in [3.8, 4) is 17.2 Å². The fourth-order valence-corrected chi connectivity index (χ4v) is 4.81. The molecule has 1 N–H and O–H groups in total. The number of hydrogen-bond donors (Lipinski definition) is 1. The van der Waals surface area contributed by atoms with Crippen LogP contribution in [0.15, 0.2) is 77.7 Å². The molecule has 0 saturated carbocycles. The summed E-state index contributed by atoms with van der Waals surface area (Å²) in [5, 5.41) is 2.79. The molecule has 0 atom stereocenters. The lowest BCUT2D eigenvalue weighted by Gasteiger charge is -2.23. The highest BCUT2D eigenvalue weighted by molar-refractivity contribution is 7.92. The number of rotatable bonds is 11. The molecule has 0 saturated heterocycles. The highest BCUT2D eigenvalue weighted by Crippen LogP contribution is 2.28. The molecule has 0 unspecified atom stereocenters. The van der Waals surface area contributed by atoms with E-state index in [0.29, 0.717) is 29.5 Å². The number of methoxy groups -OCH3 is 2. The third kappa shape index (κ3) is 5.99. The van der Waals surface area contributed by atoms with E-state index in [1.54, 1.807) is 87.9 Å². The first-order valence-corrected chi connectivity index (χ1v) is 12.1. The van der Waals surface area contributed by atoms with Gasteiger partial charge in [-0.3, -0.25) is 9.10 Å². The van der Waals surface area contributed by atoms with Crippen molar-refractivity contribution >= 4 is 21.6 Å². The molecule has 3 rings (SSSR count). The zero-order valence-corrected chi connectivity index (χ0v) is 20.2. The maximum Gasteiger partial charge on any atom is 0.264 e.